The Balaban J connectivity index is 1.60. The van der Waals surface area contributed by atoms with Crippen LogP contribution in [0.5, 0.6) is 0 Å². The Hall–Kier alpha value is -2.86. The maximum absolute atomic E-state index is 14.5. The molecular formula is C23H23ClFN3O2. The number of nitrogens with zero attached hydrogens (tertiary/aromatic N) is 3. The third kappa shape index (κ3) is 3.67. The Labute approximate surface area is 180 Å². The fourth-order valence-electron chi connectivity index (χ4n) is 3.94. The molecule has 1 amide bonds. The largest absolute Gasteiger partial charge is 0.365 e. The van der Waals surface area contributed by atoms with E-state index in [9.17, 15) is 9.18 Å². The summed E-state index contributed by atoms with van der Waals surface area (Å²) in [5.41, 5.74) is 2.85. The van der Waals surface area contributed by atoms with Gasteiger partial charge in [-0.3, -0.25) is 4.79 Å². The van der Waals surface area contributed by atoms with E-state index in [1.807, 2.05) is 0 Å². The maximum Gasteiger partial charge on any atom is 0.259 e. The van der Waals surface area contributed by atoms with Crippen molar-refractivity contribution in [2.75, 3.05) is 24.5 Å². The molecule has 1 aromatic heterocycles. The van der Waals surface area contributed by atoms with Gasteiger partial charge in [0.15, 0.2) is 0 Å². The topological polar surface area (TPSA) is 49.6 Å². The highest BCUT2D eigenvalue weighted by atomic mass is 35.5. The summed E-state index contributed by atoms with van der Waals surface area (Å²) < 4.78 is 19.7. The van der Waals surface area contributed by atoms with Crippen molar-refractivity contribution in [3.8, 4) is 11.3 Å². The third-order valence-corrected chi connectivity index (χ3v) is 5.87. The summed E-state index contributed by atoms with van der Waals surface area (Å²) in [6, 6.07) is 12.9. The maximum atomic E-state index is 14.5. The van der Waals surface area contributed by atoms with Crippen LogP contribution >= 0.6 is 11.6 Å². The monoisotopic (exact) mass is 427 g/mol. The first-order valence-electron chi connectivity index (χ1n) is 9.90. The van der Waals surface area contributed by atoms with Gasteiger partial charge in [-0.05, 0) is 45.0 Å². The van der Waals surface area contributed by atoms with Gasteiger partial charge in [-0.25, -0.2) is 4.39 Å². The van der Waals surface area contributed by atoms with Crippen molar-refractivity contribution in [3.63, 3.8) is 0 Å². The minimum atomic E-state index is -0.539. The fourth-order valence-corrected chi connectivity index (χ4v) is 4.19. The van der Waals surface area contributed by atoms with Gasteiger partial charge in [0, 0.05) is 31.4 Å². The summed E-state index contributed by atoms with van der Waals surface area (Å²) in [6.07, 6.45) is 0. The Morgan fingerprint density at radius 2 is 1.90 bits per heavy atom. The van der Waals surface area contributed by atoms with Gasteiger partial charge in [-0.2, -0.15) is 0 Å². The van der Waals surface area contributed by atoms with Crippen molar-refractivity contribution in [3.05, 3.63) is 70.2 Å². The molecule has 0 aliphatic carbocycles. The molecule has 0 bridgehead atoms. The van der Waals surface area contributed by atoms with Gasteiger partial charge in [0.25, 0.3) is 5.91 Å². The number of rotatable bonds is 3. The molecule has 1 saturated heterocycles. The predicted octanol–water partition coefficient (Wildman–Crippen LogP) is 5.10. The molecule has 2 heterocycles. The quantitative estimate of drug-likeness (QED) is 0.583. The molecular weight excluding hydrogens is 405 g/mol. The van der Waals surface area contributed by atoms with Crippen LogP contribution < -0.4 is 4.90 Å². The number of carbonyl (C=O) groups excluding carboxylic acids is 1. The van der Waals surface area contributed by atoms with E-state index in [2.05, 4.69) is 48.2 Å². The molecule has 0 N–H and O–H groups in total. The Morgan fingerprint density at radius 1 is 1.17 bits per heavy atom. The van der Waals surface area contributed by atoms with E-state index in [-0.39, 0.29) is 33.8 Å². The lowest BCUT2D eigenvalue weighted by Gasteiger charge is -2.41. The second kappa shape index (κ2) is 8.11. The minimum absolute atomic E-state index is 0.0886. The van der Waals surface area contributed by atoms with Crippen molar-refractivity contribution >= 4 is 23.2 Å². The molecule has 30 heavy (non-hydrogen) atoms. The molecule has 2 aromatic carbocycles. The zero-order valence-electron chi connectivity index (χ0n) is 17.2. The van der Waals surface area contributed by atoms with E-state index in [0.717, 1.165) is 5.69 Å². The Morgan fingerprint density at radius 3 is 2.57 bits per heavy atom. The number of halogens is 2. The van der Waals surface area contributed by atoms with Gasteiger partial charge in [0.1, 0.15) is 22.8 Å². The van der Waals surface area contributed by atoms with Crippen molar-refractivity contribution in [1.29, 1.82) is 0 Å². The molecule has 1 atom stereocenters. The molecule has 156 valence electrons. The highest BCUT2D eigenvalue weighted by Gasteiger charge is 2.32. The minimum Gasteiger partial charge on any atom is -0.365 e. The molecule has 0 spiro atoms. The van der Waals surface area contributed by atoms with Crippen LogP contribution in [0.25, 0.3) is 11.3 Å². The van der Waals surface area contributed by atoms with Crippen LogP contribution in [0.4, 0.5) is 10.1 Å². The molecule has 7 heteroatoms. The first-order chi connectivity index (χ1) is 14.4. The number of aryl methyl sites for hydroxylation is 2. The molecule has 3 aromatic rings. The van der Waals surface area contributed by atoms with E-state index in [1.54, 1.807) is 17.9 Å². The third-order valence-electron chi connectivity index (χ3n) is 5.56. The number of anilines is 1. The summed E-state index contributed by atoms with van der Waals surface area (Å²) >= 11 is 6.20. The van der Waals surface area contributed by atoms with E-state index in [4.69, 9.17) is 16.1 Å². The lowest BCUT2D eigenvalue weighted by Crippen LogP contribution is -2.53. The molecule has 4 rings (SSSR count). The summed E-state index contributed by atoms with van der Waals surface area (Å²) in [6.45, 7) is 7.60. The molecule has 1 aliphatic heterocycles. The molecule has 1 fully saturated rings. The van der Waals surface area contributed by atoms with Crippen LogP contribution in [-0.4, -0.2) is 41.6 Å². The zero-order valence-corrected chi connectivity index (χ0v) is 17.9. The van der Waals surface area contributed by atoms with Crippen molar-refractivity contribution in [1.82, 2.24) is 10.1 Å². The van der Waals surface area contributed by atoms with E-state index < -0.39 is 5.82 Å². The van der Waals surface area contributed by atoms with Crippen molar-refractivity contribution in [2.45, 2.75) is 26.8 Å². The molecule has 0 saturated carbocycles. The summed E-state index contributed by atoms with van der Waals surface area (Å²) in [5.74, 6) is -0.413. The van der Waals surface area contributed by atoms with Crippen molar-refractivity contribution in [2.24, 2.45) is 0 Å². The Kier molecular flexibility index (Phi) is 5.52. The van der Waals surface area contributed by atoms with Crippen LogP contribution in [0.15, 0.2) is 47.0 Å². The number of hydrogen-bond acceptors (Lipinski definition) is 4. The van der Waals surface area contributed by atoms with Crippen LogP contribution in [0, 0.1) is 19.7 Å². The smallest absolute Gasteiger partial charge is 0.259 e. The van der Waals surface area contributed by atoms with E-state index in [0.29, 0.717) is 25.4 Å². The van der Waals surface area contributed by atoms with Crippen LogP contribution in [0.3, 0.4) is 0 Å². The normalized spacial score (nSPS) is 16.8. The second-order valence-corrected chi connectivity index (χ2v) is 8.10. The molecule has 0 radical (unpaired) electrons. The van der Waals surface area contributed by atoms with Gasteiger partial charge in [0.2, 0.25) is 0 Å². The standard InChI is InChI=1S/C23H23ClFN3O2/c1-14-7-9-17(10-8-14)28-12-11-27(13-15(28)2)23(29)20-16(3)30-26-22(20)21-18(24)5-4-6-19(21)25/h4-10,15H,11-13H2,1-3H3/t15-/m0/s1. The zero-order chi connectivity index (χ0) is 21.4. The van der Waals surface area contributed by atoms with Crippen LogP contribution in [0.2, 0.25) is 5.02 Å². The number of hydrogen-bond donors (Lipinski definition) is 0. The average molecular weight is 428 g/mol. The van der Waals surface area contributed by atoms with Gasteiger partial charge in [-0.15, -0.1) is 0 Å². The molecule has 1 aliphatic rings. The average Bonchev–Trinajstić information content (AvgIpc) is 3.09. The highest BCUT2D eigenvalue weighted by molar-refractivity contribution is 6.33. The fraction of sp³-hybridized carbons (Fsp3) is 0.304. The Bertz CT molecular complexity index is 1060. The van der Waals surface area contributed by atoms with Gasteiger partial charge in [-0.1, -0.05) is 40.5 Å². The van der Waals surface area contributed by atoms with Crippen LogP contribution in [0.1, 0.15) is 28.6 Å². The molecule has 5 nitrogen and oxygen atoms in total. The number of amides is 1. The summed E-state index contributed by atoms with van der Waals surface area (Å²) in [7, 11) is 0. The van der Waals surface area contributed by atoms with Gasteiger partial charge in [0.05, 0.1) is 10.6 Å². The van der Waals surface area contributed by atoms with Crippen molar-refractivity contribution < 1.29 is 13.7 Å². The lowest BCUT2D eigenvalue weighted by atomic mass is 10.0. The summed E-state index contributed by atoms with van der Waals surface area (Å²) in [5, 5.41) is 4.15. The number of carbonyl (C=O) groups is 1. The van der Waals surface area contributed by atoms with Gasteiger partial charge < -0.3 is 14.3 Å². The first kappa shape index (κ1) is 20.4. The highest BCUT2D eigenvalue weighted by Crippen LogP contribution is 2.34. The molecule has 0 unspecified atom stereocenters. The number of piperazine rings is 1. The number of aromatic nitrogens is 1. The SMILES string of the molecule is Cc1ccc(N2CCN(C(=O)c3c(-c4c(F)cccc4Cl)noc3C)C[C@@H]2C)cc1. The van der Waals surface area contributed by atoms with E-state index >= 15 is 0 Å². The predicted molar refractivity (Wildman–Crippen MR) is 116 cm³/mol. The van der Waals surface area contributed by atoms with E-state index in [1.165, 1.54) is 17.7 Å². The van der Waals surface area contributed by atoms with Crippen LogP contribution in [-0.2, 0) is 0 Å². The lowest BCUT2D eigenvalue weighted by molar-refractivity contribution is 0.0725. The van der Waals surface area contributed by atoms with Gasteiger partial charge >= 0.3 is 0 Å². The number of benzene rings is 2. The first-order valence-corrected chi connectivity index (χ1v) is 10.3. The summed E-state index contributed by atoms with van der Waals surface area (Å²) in [4.78, 5) is 17.4. The second-order valence-electron chi connectivity index (χ2n) is 7.69.